The lowest BCUT2D eigenvalue weighted by Gasteiger charge is -2.22. The maximum Gasteiger partial charge on any atom is 0.126 e. The summed E-state index contributed by atoms with van der Waals surface area (Å²) in [5.74, 6) is 0.397. The van der Waals surface area contributed by atoms with Crippen LogP contribution in [-0.4, -0.2) is 16.0 Å². The molecule has 0 amide bonds. The maximum atomic E-state index is 10.6. The first kappa shape index (κ1) is 18.4. The fourth-order valence-electron chi connectivity index (χ4n) is 2.71. The number of nitrogens with zero attached hydrogens (tertiary/aromatic N) is 2. The average Bonchev–Trinajstić information content (AvgIpc) is 3.10. The first-order valence-corrected chi connectivity index (χ1v) is 9.72. The van der Waals surface area contributed by atoms with Crippen molar-refractivity contribution in [2.75, 3.05) is 0 Å². The predicted octanol–water partition coefficient (Wildman–Crippen LogP) is 4.31. The molecule has 0 aliphatic heterocycles. The molecule has 0 saturated carbocycles. The van der Waals surface area contributed by atoms with Crippen LogP contribution in [0.15, 0.2) is 66.0 Å². The molecule has 0 fully saturated rings. The Hall–Kier alpha value is -2.38. The van der Waals surface area contributed by atoms with Crippen LogP contribution in [0.5, 0.6) is 5.75 Å². The summed E-state index contributed by atoms with van der Waals surface area (Å²) in [6.07, 6.45) is 5.69. The molecule has 0 spiro atoms. The molecule has 1 N–H and O–H groups in total. The van der Waals surface area contributed by atoms with Gasteiger partial charge in [-0.05, 0) is 47.0 Å². The molecule has 134 valence electrons. The largest absolute Gasteiger partial charge is 0.507 e. The Kier molecular flexibility index (Phi) is 5.29. The van der Waals surface area contributed by atoms with Gasteiger partial charge in [-0.15, -0.1) is 0 Å². The summed E-state index contributed by atoms with van der Waals surface area (Å²) >= 11 is 0. The van der Waals surface area contributed by atoms with Crippen molar-refractivity contribution in [2.24, 2.45) is 5.10 Å². The lowest BCUT2D eigenvalue weighted by Crippen LogP contribution is -2.16. The number of aromatic hydroxyl groups is 1. The quantitative estimate of drug-likeness (QED) is 0.544. The van der Waals surface area contributed by atoms with Gasteiger partial charge in [-0.2, -0.15) is 5.10 Å². The van der Waals surface area contributed by atoms with E-state index in [1.165, 1.54) is 10.9 Å². The minimum absolute atomic E-state index is 0.0487. The second-order valence-corrected chi connectivity index (χ2v) is 8.79. The molecule has 26 heavy (non-hydrogen) atoms. The normalized spacial score (nSPS) is 12.5. The van der Waals surface area contributed by atoms with Gasteiger partial charge in [0.25, 0.3) is 0 Å². The Morgan fingerprint density at radius 1 is 1.00 bits per heavy atom. The molecule has 0 aliphatic carbocycles. The number of rotatable bonds is 4. The van der Waals surface area contributed by atoms with Gasteiger partial charge in [0.05, 0.1) is 6.21 Å². The van der Waals surface area contributed by atoms with Crippen molar-refractivity contribution in [2.45, 2.75) is 33.1 Å². The third kappa shape index (κ3) is 4.23. The van der Waals surface area contributed by atoms with E-state index in [0.717, 1.165) is 16.4 Å². The van der Waals surface area contributed by atoms with Gasteiger partial charge in [-0.3, -0.25) is 0 Å². The van der Waals surface area contributed by atoms with Crippen molar-refractivity contribution in [3.63, 3.8) is 0 Å². The van der Waals surface area contributed by atoms with Crippen molar-refractivity contribution >= 4 is 25.4 Å². The molecular formula is C22H25N2OP. The van der Waals surface area contributed by atoms with Crippen LogP contribution in [0, 0.1) is 6.92 Å². The first-order valence-electron chi connectivity index (χ1n) is 8.72. The van der Waals surface area contributed by atoms with Crippen molar-refractivity contribution < 1.29 is 5.11 Å². The third-order valence-electron chi connectivity index (χ3n) is 4.32. The molecule has 1 unspecified atom stereocenters. The van der Waals surface area contributed by atoms with Gasteiger partial charge in [-0.1, -0.05) is 59.7 Å². The Balaban J connectivity index is 1.96. The number of hydrogen-bond donors (Lipinski definition) is 1. The summed E-state index contributed by atoms with van der Waals surface area (Å²) in [6, 6.07) is 16.3. The molecule has 2 aromatic carbocycles. The van der Waals surface area contributed by atoms with Crippen LogP contribution in [0.2, 0.25) is 0 Å². The lowest BCUT2D eigenvalue weighted by atomic mass is 9.86. The molecule has 3 aromatic rings. The molecule has 3 nitrogen and oxygen atoms in total. The van der Waals surface area contributed by atoms with Gasteiger partial charge < -0.3 is 5.11 Å². The zero-order chi connectivity index (χ0) is 18.7. The Morgan fingerprint density at radius 3 is 2.38 bits per heavy atom. The maximum absolute atomic E-state index is 10.6. The van der Waals surface area contributed by atoms with Crippen molar-refractivity contribution in [1.29, 1.82) is 0 Å². The Morgan fingerprint density at radius 2 is 1.69 bits per heavy atom. The molecule has 3 rings (SSSR count). The van der Waals surface area contributed by atoms with Gasteiger partial charge in [0.1, 0.15) is 5.75 Å². The fourth-order valence-corrected chi connectivity index (χ4v) is 4.01. The highest BCUT2D eigenvalue weighted by Crippen LogP contribution is 2.29. The van der Waals surface area contributed by atoms with Gasteiger partial charge in [0, 0.05) is 23.3 Å². The van der Waals surface area contributed by atoms with Crippen LogP contribution in [-0.2, 0) is 5.41 Å². The Labute approximate surface area is 157 Å². The highest BCUT2D eigenvalue weighted by molar-refractivity contribution is 7.56. The van der Waals surface area contributed by atoms with E-state index in [0.29, 0.717) is 14.3 Å². The highest BCUT2D eigenvalue weighted by atomic mass is 31.1. The summed E-state index contributed by atoms with van der Waals surface area (Å²) in [4.78, 5) is 0. The lowest BCUT2D eigenvalue weighted by molar-refractivity contribution is 0.474. The minimum atomic E-state index is 0.0487. The van der Waals surface area contributed by atoms with Gasteiger partial charge in [0.15, 0.2) is 0 Å². The summed E-state index contributed by atoms with van der Waals surface area (Å²) in [5, 5.41) is 17.2. The van der Waals surface area contributed by atoms with Gasteiger partial charge >= 0.3 is 0 Å². The fraction of sp³-hybridized carbons (Fsp3) is 0.227. The second-order valence-electron chi connectivity index (χ2n) is 7.46. The molecule has 0 aliphatic rings. The molecule has 0 bridgehead atoms. The number of benzene rings is 2. The Bertz CT molecular complexity index is 922. The SMILES string of the molecule is Cc1cc(C(C)(C)C)cc(Pc2ccccc2C=Nn2cccc2)c1O. The van der Waals surface area contributed by atoms with Crippen molar-refractivity contribution in [3.05, 3.63) is 77.6 Å². The number of phenols is 1. The highest BCUT2D eigenvalue weighted by Gasteiger charge is 2.18. The molecule has 0 radical (unpaired) electrons. The summed E-state index contributed by atoms with van der Waals surface area (Å²) in [6.45, 7) is 8.56. The van der Waals surface area contributed by atoms with E-state index < -0.39 is 0 Å². The standard InChI is InChI=1S/C22H25N2OP/c1-16-13-18(22(2,3)4)14-20(21(16)25)26-19-10-6-5-9-17(19)15-23-24-11-7-8-12-24/h5-15,25-26H,1-4H3. The van der Waals surface area contributed by atoms with E-state index in [2.05, 4.69) is 50.1 Å². The minimum Gasteiger partial charge on any atom is -0.507 e. The molecular weight excluding hydrogens is 339 g/mol. The van der Waals surface area contributed by atoms with Crippen molar-refractivity contribution in [1.82, 2.24) is 4.68 Å². The average molecular weight is 364 g/mol. The number of aryl methyl sites for hydroxylation is 1. The van der Waals surface area contributed by atoms with Crippen LogP contribution in [0.1, 0.15) is 37.5 Å². The zero-order valence-electron chi connectivity index (χ0n) is 15.7. The summed E-state index contributed by atoms with van der Waals surface area (Å²) in [5.41, 5.74) is 3.29. The van der Waals surface area contributed by atoms with E-state index in [9.17, 15) is 5.11 Å². The van der Waals surface area contributed by atoms with Crippen LogP contribution in [0.4, 0.5) is 0 Å². The van der Waals surface area contributed by atoms with Gasteiger partial charge in [-0.25, -0.2) is 4.68 Å². The monoisotopic (exact) mass is 364 g/mol. The molecule has 4 heteroatoms. The zero-order valence-corrected chi connectivity index (χ0v) is 16.7. The molecule has 0 saturated heterocycles. The molecule has 1 atom stereocenters. The first-order chi connectivity index (χ1) is 12.3. The van der Waals surface area contributed by atoms with E-state index in [4.69, 9.17) is 0 Å². The van der Waals surface area contributed by atoms with E-state index in [1.54, 1.807) is 4.68 Å². The van der Waals surface area contributed by atoms with E-state index >= 15 is 0 Å². The molecule has 1 aromatic heterocycles. The van der Waals surface area contributed by atoms with Gasteiger partial charge in [0.2, 0.25) is 0 Å². The smallest absolute Gasteiger partial charge is 0.126 e. The van der Waals surface area contributed by atoms with E-state index in [-0.39, 0.29) is 5.41 Å². The van der Waals surface area contributed by atoms with E-state index in [1.807, 2.05) is 49.8 Å². The van der Waals surface area contributed by atoms with Crippen LogP contribution in [0.3, 0.4) is 0 Å². The van der Waals surface area contributed by atoms with Crippen molar-refractivity contribution in [3.8, 4) is 5.75 Å². The summed E-state index contributed by atoms with van der Waals surface area (Å²) < 4.78 is 1.78. The van der Waals surface area contributed by atoms with Crippen LogP contribution < -0.4 is 10.6 Å². The van der Waals surface area contributed by atoms with Crippen LogP contribution >= 0.6 is 8.58 Å². The number of aromatic nitrogens is 1. The third-order valence-corrected chi connectivity index (χ3v) is 5.69. The van der Waals surface area contributed by atoms with Crippen LogP contribution in [0.25, 0.3) is 0 Å². The number of phenolic OH excluding ortho intramolecular Hbond substituents is 1. The predicted molar refractivity (Wildman–Crippen MR) is 113 cm³/mol. The number of hydrogen-bond acceptors (Lipinski definition) is 2. The topological polar surface area (TPSA) is 37.5 Å². The molecule has 1 heterocycles. The summed E-state index contributed by atoms with van der Waals surface area (Å²) in [7, 11) is 0.371. The second kappa shape index (κ2) is 7.47.